The van der Waals surface area contributed by atoms with Crippen LogP contribution in [-0.2, 0) is 0 Å². The molecule has 0 unspecified atom stereocenters. The fourth-order valence-electron chi connectivity index (χ4n) is 9.39. The fourth-order valence-corrected chi connectivity index (χ4v) is 9.39. The summed E-state index contributed by atoms with van der Waals surface area (Å²) in [6.45, 7) is 7.69. The predicted octanol–water partition coefficient (Wildman–Crippen LogP) is 16.1. The van der Waals surface area contributed by atoms with E-state index in [1.165, 1.54) is 0 Å². The average molecular weight is 840 g/mol. The minimum atomic E-state index is 0.606. The van der Waals surface area contributed by atoms with Gasteiger partial charge in [-0.2, -0.15) is 0 Å². The molecule has 0 radical (unpaired) electrons. The summed E-state index contributed by atoms with van der Waals surface area (Å²) in [6, 6.07) is 75.9. The van der Waals surface area contributed by atoms with E-state index in [0.29, 0.717) is 23.2 Å². The Kier molecular flexibility index (Phi) is 9.48. The number of benzene rings is 10. The highest BCUT2D eigenvalue weighted by atomic mass is 15.0. The molecular weight excluding hydrogens is 803 g/mol. The Morgan fingerprint density at radius 2 is 0.773 bits per heavy atom. The Hall–Kier alpha value is -9.11. The summed E-state index contributed by atoms with van der Waals surface area (Å²) in [5, 5.41) is 7.75. The molecule has 12 aromatic rings. The summed E-state index contributed by atoms with van der Waals surface area (Å²) < 4.78 is 0. The number of aromatic nitrogens is 4. The van der Waals surface area contributed by atoms with Gasteiger partial charge in [0.05, 0.1) is 12.1 Å². The first kappa shape index (κ1) is 38.6. The number of rotatable bonds is 7. The molecule has 0 aliphatic rings. The summed E-state index contributed by atoms with van der Waals surface area (Å²) in [4.78, 5) is 24.1. The lowest BCUT2D eigenvalue weighted by molar-refractivity contribution is 1.07. The topological polar surface area (TPSA) is 55.9 Å². The molecule has 2 aromatic heterocycles. The summed E-state index contributed by atoms with van der Waals surface area (Å²) in [5.41, 5.74) is 13.1. The van der Waals surface area contributed by atoms with Gasteiger partial charge in [0.2, 0.25) is 0 Å². The predicted molar refractivity (Wildman–Crippen MR) is 272 cm³/mol. The van der Waals surface area contributed by atoms with E-state index in [0.717, 1.165) is 104 Å². The van der Waals surface area contributed by atoms with E-state index in [9.17, 15) is 0 Å². The van der Waals surface area contributed by atoms with Crippen LogP contribution in [0.4, 0.5) is 5.69 Å². The molecular formula is C61H37N5. The zero-order valence-corrected chi connectivity index (χ0v) is 35.6. The number of nitrogens with zero attached hydrogens (tertiary/aromatic N) is 5. The van der Waals surface area contributed by atoms with Crippen LogP contribution in [0.15, 0.2) is 225 Å². The van der Waals surface area contributed by atoms with E-state index in [2.05, 4.69) is 157 Å². The summed E-state index contributed by atoms with van der Waals surface area (Å²) >= 11 is 0. The quantitative estimate of drug-likeness (QED) is 0.118. The van der Waals surface area contributed by atoms with Crippen LogP contribution in [0, 0.1) is 6.57 Å². The van der Waals surface area contributed by atoms with Gasteiger partial charge in [0.25, 0.3) is 0 Å². The van der Waals surface area contributed by atoms with Crippen LogP contribution in [0.1, 0.15) is 0 Å². The van der Waals surface area contributed by atoms with Crippen LogP contribution in [0.3, 0.4) is 0 Å². The minimum absolute atomic E-state index is 0.606. The standard InChI is InChI=1S/C61H37N5/c1-62-57-33-32-47(48-23-10-11-26-51(48)57)40-28-30-41(31-29-40)54-38-55-50-25-9-8-24-49(50)53(37-56(55)52-27-14-34-63-58(52)54)44-20-13-22-46(36-44)61-65-59(42-17-6-3-7-18-42)64-60(66-61)45-21-12-19-43(35-45)39-15-4-2-5-16-39/h2-38H. The Labute approximate surface area is 381 Å². The van der Waals surface area contributed by atoms with Crippen molar-refractivity contribution in [3.8, 4) is 78.7 Å². The number of hydrogen-bond acceptors (Lipinski definition) is 4. The molecule has 5 heteroatoms. The molecule has 5 nitrogen and oxygen atoms in total. The minimum Gasteiger partial charge on any atom is -0.256 e. The van der Waals surface area contributed by atoms with E-state index in [1.54, 1.807) is 0 Å². The van der Waals surface area contributed by atoms with Crippen molar-refractivity contribution in [2.45, 2.75) is 0 Å². The molecule has 66 heavy (non-hydrogen) atoms. The van der Waals surface area contributed by atoms with Crippen LogP contribution in [0.2, 0.25) is 0 Å². The second-order valence-electron chi connectivity index (χ2n) is 16.5. The van der Waals surface area contributed by atoms with Gasteiger partial charge in [0.15, 0.2) is 23.2 Å². The molecule has 306 valence electrons. The molecule has 0 aliphatic heterocycles. The first-order valence-electron chi connectivity index (χ1n) is 22.0. The summed E-state index contributed by atoms with van der Waals surface area (Å²) in [5.74, 6) is 1.84. The Bertz CT molecular complexity index is 3870. The van der Waals surface area contributed by atoms with E-state index < -0.39 is 0 Å². The van der Waals surface area contributed by atoms with Gasteiger partial charge in [-0.25, -0.2) is 19.8 Å². The van der Waals surface area contributed by atoms with E-state index in [-0.39, 0.29) is 0 Å². The highest BCUT2D eigenvalue weighted by Gasteiger charge is 2.18. The number of hydrogen-bond donors (Lipinski definition) is 0. The summed E-state index contributed by atoms with van der Waals surface area (Å²) in [7, 11) is 0. The zero-order chi connectivity index (χ0) is 44.0. The lowest BCUT2D eigenvalue weighted by Crippen LogP contribution is -2.00. The van der Waals surface area contributed by atoms with Gasteiger partial charge in [0.1, 0.15) is 0 Å². The third kappa shape index (κ3) is 6.82. The van der Waals surface area contributed by atoms with Crippen molar-refractivity contribution >= 4 is 48.9 Å². The maximum Gasteiger partial charge on any atom is 0.194 e. The van der Waals surface area contributed by atoms with Crippen LogP contribution >= 0.6 is 0 Å². The van der Waals surface area contributed by atoms with Gasteiger partial charge >= 0.3 is 0 Å². The Balaban J connectivity index is 0.983. The lowest BCUT2D eigenvalue weighted by atomic mass is 9.88. The smallest absolute Gasteiger partial charge is 0.194 e. The first-order chi connectivity index (χ1) is 32.7. The van der Waals surface area contributed by atoms with Gasteiger partial charge in [-0.3, -0.25) is 4.98 Å². The molecule has 0 bridgehead atoms. The van der Waals surface area contributed by atoms with E-state index in [4.69, 9.17) is 26.5 Å². The van der Waals surface area contributed by atoms with Gasteiger partial charge in [-0.1, -0.05) is 188 Å². The van der Waals surface area contributed by atoms with Crippen molar-refractivity contribution in [3.63, 3.8) is 0 Å². The molecule has 0 fully saturated rings. The third-order valence-electron chi connectivity index (χ3n) is 12.6. The van der Waals surface area contributed by atoms with Crippen molar-refractivity contribution < 1.29 is 0 Å². The second-order valence-corrected chi connectivity index (χ2v) is 16.5. The molecule has 0 aliphatic carbocycles. The molecule has 10 aromatic carbocycles. The molecule has 0 atom stereocenters. The molecule has 0 N–H and O–H groups in total. The van der Waals surface area contributed by atoms with E-state index >= 15 is 0 Å². The Morgan fingerprint density at radius 3 is 1.45 bits per heavy atom. The van der Waals surface area contributed by atoms with Crippen molar-refractivity contribution in [1.29, 1.82) is 0 Å². The Morgan fingerprint density at radius 1 is 0.288 bits per heavy atom. The molecule has 0 saturated carbocycles. The molecule has 0 saturated heterocycles. The first-order valence-corrected chi connectivity index (χ1v) is 22.0. The van der Waals surface area contributed by atoms with Crippen molar-refractivity contribution in [1.82, 2.24) is 19.9 Å². The monoisotopic (exact) mass is 839 g/mol. The second kappa shape index (κ2) is 16.2. The third-order valence-corrected chi connectivity index (χ3v) is 12.6. The lowest BCUT2D eigenvalue weighted by Gasteiger charge is -2.16. The normalized spacial score (nSPS) is 11.3. The fraction of sp³-hybridized carbons (Fsp3) is 0. The molecule has 0 amide bonds. The molecule has 0 spiro atoms. The van der Waals surface area contributed by atoms with Crippen molar-refractivity contribution in [3.05, 3.63) is 236 Å². The maximum absolute atomic E-state index is 7.69. The molecule has 12 rings (SSSR count). The van der Waals surface area contributed by atoms with Crippen molar-refractivity contribution in [2.75, 3.05) is 0 Å². The zero-order valence-electron chi connectivity index (χ0n) is 35.6. The van der Waals surface area contributed by atoms with Gasteiger partial charge in [-0.05, 0) is 102 Å². The van der Waals surface area contributed by atoms with Crippen molar-refractivity contribution in [2.24, 2.45) is 0 Å². The van der Waals surface area contributed by atoms with Crippen LogP contribution < -0.4 is 0 Å². The highest BCUT2D eigenvalue weighted by molar-refractivity contribution is 6.23. The van der Waals surface area contributed by atoms with Crippen LogP contribution in [-0.4, -0.2) is 19.9 Å². The SMILES string of the molecule is [C-]#[N+]c1ccc(-c2ccc(-c3cc4c5ccccc5c(-c5cccc(-c6nc(-c7ccccc7)nc(-c7cccc(-c8ccccc8)c7)n6)c5)cc4c4cccnc34)cc2)c2ccccc12. The highest BCUT2D eigenvalue weighted by Crippen LogP contribution is 2.43. The average Bonchev–Trinajstić information content (AvgIpc) is 3.40. The van der Waals surface area contributed by atoms with Crippen LogP contribution in [0.25, 0.3) is 127 Å². The van der Waals surface area contributed by atoms with Gasteiger partial charge in [-0.15, -0.1) is 0 Å². The summed E-state index contributed by atoms with van der Waals surface area (Å²) in [6.07, 6.45) is 1.88. The number of pyridine rings is 1. The maximum atomic E-state index is 7.69. The van der Waals surface area contributed by atoms with E-state index in [1.807, 2.05) is 72.9 Å². The van der Waals surface area contributed by atoms with Crippen LogP contribution in [0.5, 0.6) is 0 Å². The largest absolute Gasteiger partial charge is 0.256 e. The van der Waals surface area contributed by atoms with Gasteiger partial charge < -0.3 is 0 Å². The number of fused-ring (bicyclic) bond motifs is 6. The van der Waals surface area contributed by atoms with Gasteiger partial charge in [0, 0.05) is 33.8 Å². The molecule has 2 heterocycles.